The summed E-state index contributed by atoms with van der Waals surface area (Å²) in [6.45, 7) is 3.07. The molecule has 33 heavy (non-hydrogen) atoms. The van der Waals surface area contributed by atoms with E-state index in [0.717, 1.165) is 33.9 Å². The van der Waals surface area contributed by atoms with Crippen LogP contribution in [0, 0.1) is 0 Å². The predicted octanol–water partition coefficient (Wildman–Crippen LogP) is 6.39. The van der Waals surface area contributed by atoms with Crippen molar-refractivity contribution in [3.8, 4) is 0 Å². The van der Waals surface area contributed by atoms with Crippen LogP contribution in [0.5, 0.6) is 0 Å². The van der Waals surface area contributed by atoms with Gasteiger partial charge in [-0.05, 0) is 48.9 Å². The summed E-state index contributed by atoms with van der Waals surface area (Å²) in [7, 11) is 0. The Morgan fingerprint density at radius 1 is 1.18 bits per heavy atom. The van der Waals surface area contributed by atoms with E-state index in [1.165, 1.54) is 31.2 Å². The Morgan fingerprint density at radius 2 is 1.88 bits per heavy atom. The van der Waals surface area contributed by atoms with E-state index in [-0.39, 0.29) is 22.8 Å². The van der Waals surface area contributed by atoms with E-state index in [9.17, 15) is 22.8 Å². The van der Waals surface area contributed by atoms with E-state index in [4.69, 9.17) is 11.6 Å². The molecule has 2 amide bonds. The highest BCUT2D eigenvalue weighted by Gasteiger charge is 2.31. The third kappa shape index (κ3) is 6.43. The van der Waals surface area contributed by atoms with Crippen molar-refractivity contribution < 1.29 is 22.8 Å². The number of anilines is 2. The van der Waals surface area contributed by atoms with E-state index in [2.05, 4.69) is 10.3 Å². The first kappa shape index (κ1) is 24.5. The highest BCUT2D eigenvalue weighted by molar-refractivity contribution is 7.14. The average Bonchev–Trinajstić information content (AvgIpc) is 3.20. The number of carbonyl (C=O) groups excluding carboxylic acids is 2. The summed E-state index contributed by atoms with van der Waals surface area (Å²) in [5, 5.41) is 5.21. The molecule has 1 atom stereocenters. The molecule has 0 aliphatic carbocycles. The number of hydrogen-bond donors (Lipinski definition) is 1. The van der Waals surface area contributed by atoms with Gasteiger partial charge in [-0.15, -0.1) is 11.3 Å². The SMILES string of the molecule is CC(=O)N(c1cccc(C(F)(F)F)c1)c1nc(/C=C/C(=O)NC(C)c2ccc(Cl)cc2)cs1. The van der Waals surface area contributed by atoms with Crippen LogP contribution in [0.1, 0.15) is 36.7 Å². The van der Waals surface area contributed by atoms with Gasteiger partial charge >= 0.3 is 6.18 Å². The van der Waals surface area contributed by atoms with Crippen LogP contribution in [0.15, 0.2) is 60.0 Å². The second-order valence-corrected chi connectivity index (χ2v) is 8.35. The van der Waals surface area contributed by atoms with Gasteiger partial charge in [0, 0.05) is 23.4 Å². The van der Waals surface area contributed by atoms with E-state index in [1.54, 1.807) is 17.5 Å². The van der Waals surface area contributed by atoms with E-state index < -0.39 is 17.6 Å². The van der Waals surface area contributed by atoms with E-state index >= 15 is 0 Å². The van der Waals surface area contributed by atoms with Gasteiger partial charge in [0.05, 0.1) is 23.0 Å². The number of aromatic nitrogens is 1. The molecule has 1 unspecified atom stereocenters. The van der Waals surface area contributed by atoms with Crippen molar-refractivity contribution >= 4 is 51.6 Å². The smallest absolute Gasteiger partial charge is 0.346 e. The lowest BCUT2D eigenvalue weighted by Crippen LogP contribution is -2.24. The maximum atomic E-state index is 13.1. The summed E-state index contributed by atoms with van der Waals surface area (Å²) in [5.74, 6) is -0.845. The highest BCUT2D eigenvalue weighted by Crippen LogP contribution is 2.35. The quantitative estimate of drug-likeness (QED) is 0.405. The Bertz CT molecular complexity index is 1180. The van der Waals surface area contributed by atoms with Crippen LogP contribution < -0.4 is 10.2 Å². The van der Waals surface area contributed by atoms with Gasteiger partial charge in [-0.25, -0.2) is 4.98 Å². The minimum absolute atomic E-state index is 0.0525. The topological polar surface area (TPSA) is 62.3 Å². The number of thiazole rings is 1. The molecule has 1 N–H and O–H groups in total. The summed E-state index contributed by atoms with van der Waals surface area (Å²) in [6.07, 6.45) is -1.77. The molecule has 0 fully saturated rings. The summed E-state index contributed by atoms with van der Waals surface area (Å²) in [4.78, 5) is 29.8. The summed E-state index contributed by atoms with van der Waals surface area (Å²) >= 11 is 6.95. The maximum Gasteiger partial charge on any atom is 0.416 e. The number of nitrogens with zero attached hydrogens (tertiary/aromatic N) is 2. The molecule has 3 rings (SSSR count). The Balaban J connectivity index is 1.73. The Morgan fingerprint density at radius 3 is 2.52 bits per heavy atom. The maximum absolute atomic E-state index is 13.1. The Hall–Kier alpha value is -3.17. The first-order valence-corrected chi connectivity index (χ1v) is 11.0. The number of nitrogens with one attached hydrogen (secondary N) is 1. The van der Waals surface area contributed by atoms with Crippen LogP contribution in [0.25, 0.3) is 6.08 Å². The largest absolute Gasteiger partial charge is 0.416 e. The number of carbonyl (C=O) groups is 2. The molecule has 0 radical (unpaired) electrons. The molecular weight excluding hydrogens is 475 g/mol. The number of halogens is 4. The van der Waals surface area contributed by atoms with Crippen molar-refractivity contribution in [2.45, 2.75) is 26.1 Å². The fourth-order valence-corrected chi connectivity index (χ4v) is 3.94. The minimum atomic E-state index is -4.54. The van der Waals surface area contributed by atoms with Crippen LogP contribution in [-0.4, -0.2) is 16.8 Å². The molecule has 0 spiro atoms. The molecule has 0 bridgehead atoms. The zero-order valence-electron chi connectivity index (χ0n) is 17.6. The molecule has 10 heteroatoms. The first-order valence-electron chi connectivity index (χ1n) is 9.72. The van der Waals surface area contributed by atoms with Gasteiger partial charge < -0.3 is 5.32 Å². The van der Waals surface area contributed by atoms with Gasteiger partial charge in [-0.3, -0.25) is 14.5 Å². The zero-order valence-corrected chi connectivity index (χ0v) is 19.1. The molecule has 1 heterocycles. The molecule has 3 aromatic rings. The number of hydrogen-bond acceptors (Lipinski definition) is 4. The monoisotopic (exact) mass is 493 g/mol. The lowest BCUT2D eigenvalue weighted by molar-refractivity contribution is -0.137. The van der Waals surface area contributed by atoms with Gasteiger partial charge in [-0.2, -0.15) is 13.2 Å². The number of rotatable bonds is 6. The molecule has 172 valence electrons. The van der Waals surface area contributed by atoms with Crippen molar-refractivity contribution in [3.05, 3.63) is 81.8 Å². The van der Waals surface area contributed by atoms with Crippen molar-refractivity contribution in [1.29, 1.82) is 0 Å². The predicted molar refractivity (Wildman–Crippen MR) is 123 cm³/mol. The van der Waals surface area contributed by atoms with Crippen LogP contribution in [0.3, 0.4) is 0 Å². The standard InChI is InChI=1S/C23H19ClF3N3O2S/c1-14(16-6-8-18(24)9-7-16)28-21(32)11-10-19-13-33-22(29-19)30(15(2)31)20-5-3-4-17(12-20)23(25,26)27/h3-14H,1-2H3,(H,28,32)/b11-10+. The first-order chi connectivity index (χ1) is 15.5. The summed E-state index contributed by atoms with van der Waals surface area (Å²) in [5.41, 5.74) is 0.462. The average molecular weight is 494 g/mol. The highest BCUT2D eigenvalue weighted by atomic mass is 35.5. The van der Waals surface area contributed by atoms with Gasteiger partial charge in [0.2, 0.25) is 11.8 Å². The summed E-state index contributed by atoms with van der Waals surface area (Å²) < 4.78 is 39.2. The minimum Gasteiger partial charge on any atom is -0.346 e. The van der Waals surface area contributed by atoms with Gasteiger partial charge in [0.15, 0.2) is 5.13 Å². The fraction of sp³-hybridized carbons (Fsp3) is 0.174. The van der Waals surface area contributed by atoms with E-state index in [0.29, 0.717) is 10.7 Å². The molecule has 1 aromatic heterocycles. The van der Waals surface area contributed by atoms with Crippen LogP contribution in [-0.2, 0) is 15.8 Å². The number of benzene rings is 2. The second-order valence-electron chi connectivity index (χ2n) is 7.07. The molecule has 0 saturated heterocycles. The molecule has 2 aromatic carbocycles. The third-order valence-corrected chi connectivity index (χ3v) is 5.68. The van der Waals surface area contributed by atoms with Crippen LogP contribution in [0.2, 0.25) is 5.02 Å². The lowest BCUT2D eigenvalue weighted by atomic mass is 10.1. The van der Waals surface area contributed by atoms with Gasteiger partial charge in [0.25, 0.3) is 0 Å². The normalized spacial score (nSPS) is 12.5. The summed E-state index contributed by atoms with van der Waals surface area (Å²) in [6, 6.07) is 11.3. The Kier molecular flexibility index (Phi) is 7.55. The number of amides is 2. The molecule has 0 aliphatic rings. The Labute approximate surface area is 197 Å². The third-order valence-electron chi connectivity index (χ3n) is 4.58. The zero-order chi connectivity index (χ0) is 24.2. The second kappa shape index (κ2) is 10.2. The molecular formula is C23H19ClF3N3O2S. The van der Waals surface area contributed by atoms with Crippen molar-refractivity contribution in [3.63, 3.8) is 0 Å². The van der Waals surface area contributed by atoms with Gasteiger partial charge in [0.1, 0.15) is 0 Å². The van der Waals surface area contributed by atoms with Gasteiger partial charge in [-0.1, -0.05) is 29.8 Å². The lowest BCUT2D eigenvalue weighted by Gasteiger charge is -2.19. The molecule has 5 nitrogen and oxygen atoms in total. The van der Waals surface area contributed by atoms with E-state index in [1.807, 2.05) is 19.1 Å². The van der Waals surface area contributed by atoms with Crippen molar-refractivity contribution in [2.75, 3.05) is 4.90 Å². The number of alkyl halides is 3. The van der Waals surface area contributed by atoms with Crippen LogP contribution >= 0.6 is 22.9 Å². The van der Waals surface area contributed by atoms with Crippen LogP contribution in [0.4, 0.5) is 24.0 Å². The van der Waals surface area contributed by atoms with Crippen molar-refractivity contribution in [1.82, 2.24) is 10.3 Å². The molecule has 0 aliphatic heterocycles. The molecule has 0 saturated carbocycles. The van der Waals surface area contributed by atoms with Crippen molar-refractivity contribution in [2.24, 2.45) is 0 Å². The fourth-order valence-electron chi connectivity index (χ4n) is 2.96.